The first kappa shape index (κ1) is 19.2. The van der Waals surface area contributed by atoms with Gasteiger partial charge in [-0.15, -0.1) is 0 Å². The van der Waals surface area contributed by atoms with Crippen LogP contribution in [0.4, 0.5) is 11.6 Å². The summed E-state index contributed by atoms with van der Waals surface area (Å²) in [4.78, 5) is 9.66. The van der Waals surface area contributed by atoms with Crippen LogP contribution in [0.3, 0.4) is 0 Å². The van der Waals surface area contributed by atoms with Crippen LogP contribution in [0.5, 0.6) is 0 Å². The summed E-state index contributed by atoms with van der Waals surface area (Å²) in [5, 5.41) is 9.24. The Morgan fingerprint density at radius 3 is 2.60 bits per heavy atom. The average molecular weight is 458 g/mol. The smallest absolute Gasteiger partial charge is 0.228 e. The van der Waals surface area contributed by atoms with Gasteiger partial charge in [0.05, 0.1) is 11.2 Å². The molecular weight excluding hydrogens is 436 g/mol. The number of hydrogen-bond donors (Lipinski definition) is 1. The zero-order valence-electron chi connectivity index (χ0n) is 16.6. The summed E-state index contributed by atoms with van der Waals surface area (Å²) in [6, 6.07) is 25.1. The fourth-order valence-electron chi connectivity index (χ4n) is 3.99. The van der Waals surface area contributed by atoms with Gasteiger partial charge in [0, 0.05) is 33.7 Å². The van der Waals surface area contributed by atoms with E-state index in [9.17, 15) is 0 Å². The molecule has 1 aliphatic rings. The Morgan fingerprint density at radius 2 is 1.77 bits per heavy atom. The SMILES string of the molecule is Brc1ccc2nc(Nc3cccc(C4CCCC[N]4)c3)nc(-c3ccccc3)c2c1. The number of nitrogens with zero attached hydrogens (tertiary/aromatic N) is 3. The predicted molar refractivity (Wildman–Crippen MR) is 126 cm³/mol. The molecule has 1 aliphatic heterocycles. The second-order valence-corrected chi connectivity index (χ2v) is 8.51. The van der Waals surface area contributed by atoms with E-state index in [-0.39, 0.29) is 0 Å². The summed E-state index contributed by atoms with van der Waals surface area (Å²) in [6.45, 7) is 0.964. The van der Waals surface area contributed by atoms with Gasteiger partial charge in [-0.25, -0.2) is 15.3 Å². The summed E-state index contributed by atoms with van der Waals surface area (Å²) in [5.41, 5.74) is 5.15. The molecule has 1 N–H and O–H groups in total. The number of fused-ring (bicyclic) bond motifs is 1. The summed E-state index contributed by atoms with van der Waals surface area (Å²) in [5.74, 6) is 0.599. The second-order valence-electron chi connectivity index (χ2n) is 7.59. The first-order chi connectivity index (χ1) is 14.8. The number of halogens is 1. The van der Waals surface area contributed by atoms with Crippen molar-refractivity contribution in [2.75, 3.05) is 11.9 Å². The van der Waals surface area contributed by atoms with Gasteiger partial charge in [0.25, 0.3) is 0 Å². The zero-order valence-corrected chi connectivity index (χ0v) is 18.1. The number of rotatable bonds is 4. The zero-order chi connectivity index (χ0) is 20.3. The van der Waals surface area contributed by atoms with E-state index < -0.39 is 0 Å². The Bertz CT molecular complexity index is 1170. The molecule has 3 aromatic carbocycles. The van der Waals surface area contributed by atoms with E-state index >= 15 is 0 Å². The van der Waals surface area contributed by atoms with Crippen LogP contribution in [0.2, 0.25) is 0 Å². The van der Waals surface area contributed by atoms with Crippen molar-refractivity contribution in [3.05, 3.63) is 82.8 Å². The Morgan fingerprint density at radius 1 is 0.867 bits per heavy atom. The van der Waals surface area contributed by atoms with Crippen LogP contribution >= 0.6 is 15.9 Å². The summed E-state index contributed by atoms with van der Waals surface area (Å²) >= 11 is 3.58. The van der Waals surface area contributed by atoms with Crippen molar-refractivity contribution in [2.24, 2.45) is 0 Å². The molecule has 0 aliphatic carbocycles. The fraction of sp³-hybridized carbons (Fsp3) is 0.200. The molecule has 1 radical (unpaired) electrons. The molecule has 149 valence electrons. The molecule has 1 fully saturated rings. The van der Waals surface area contributed by atoms with Gasteiger partial charge in [-0.1, -0.05) is 64.8 Å². The van der Waals surface area contributed by atoms with Crippen molar-refractivity contribution >= 4 is 38.5 Å². The number of nitrogens with one attached hydrogen (secondary N) is 1. The molecule has 1 saturated heterocycles. The molecule has 0 bridgehead atoms. The Balaban J connectivity index is 1.53. The first-order valence-corrected chi connectivity index (χ1v) is 11.1. The average Bonchev–Trinajstić information content (AvgIpc) is 2.80. The molecule has 2 heterocycles. The van der Waals surface area contributed by atoms with Crippen LogP contribution in [-0.4, -0.2) is 16.5 Å². The topological polar surface area (TPSA) is 51.9 Å². The van der Waals surface area contributed by atoms with Crippen LogP contribution in [-0.2, 0) is 0 Å². The predicted octanol–water partition coefficient (Wildman–Crippen LogP) is 6.63. The van der Waals surface area contributed by atoms with E-state index in [1.54, 1.807) is 0 Å². The van der Waals surface area contributed by atoms with E-state index in [2.05, 4.69) is 63.7 Å². The maximum Gasteiger partial charge on any atom is 0.228 e. The van der Waals surface area contributed by atoms with Gasteiger partial charge in [-0.05, 0) is 48.7 Å². The van der Waals surface area contributed by atoms with E-state index in [4.69, 9.17) is 15.3 Å². The minimum absolute atomic E-state index is 0.301. The minimum Gasteiger partial charge on any atom is -0.324 e. The van der Waals surface area contributed by atoms with Crippen LogP contribution < -0.4 is 10.6 Å². The van der Waals surface area contributed by atoms with E-state index in [1.807, 2.05) is 30.3 Å². The monoisotopic (exact) mass is 457 g/mol. The molecule has 5 rings (SSSR count). The summed E-state index contributed by atoms with van der Waals surface area (Å²) in [7, 11) is 0. The molecule has 4 nitrogen and oxygen atoms in total. The number of hydrogen-bond acceptors (Lipinski definition) is 3. The molecule has 0 spiro atoms. The Labute approximate surface area is 184 Å². The number of piperidine rings is 1. The Hall–Kier alpha value is -2.76. The highest BCUT2D eigenvalue weighted by atomic mass is 79.9. The van der Waals surface area contributed by atoms with Crippen molar-refractivity contribution < 1.29 is 0 Å². The molecule has 1 atom stereocenters. The molecule has 1 aromatic heterocycles. The lowest BCUT2D eigenvalue weighted by molar-refractivity contribution is 0.404. The van der Waals surface area contributed by atoms with Crippen LogP contribution in [0.15, 0.2) is 77.3 Å². The first-order valence-electron chi connectivity index (χ1n) is 10.3. The third-order valence-electron chi connectivity index (χ3n) is 5.47. The lowest BCUT2D eigenvalue weighted by atomic mass is 9.97. The van der Waals surface area contributed by atoms with Crippen molar-refractivity contribution in [3.8, 4) is 11.3 Å². The van der Waals surface area contributed by atoms with Gasteiger partial charge < -0.3 is 5.32 Å². The molecule has 30 heavy (non-hydrogen) atoms. The highest BCUT2D eigenvalue weighted by Gasteiger charge is 2.16. The van der Waals surface area contributed by atoms with Gasteiger partial charge >= 0.3 is 0 Å². The van der Waals surface area contributed by atoms with Gasteiger partial charge in [-0.3, -0.25) is 0 Å². The quantitative estimate of drug-likeness (QED) is 0.373. The highest BCUT2D eigenvalue weighted by molar-refractivity contribution is 9.10. The van der Waals surface area contributed by atoms with Crippen LogP contribution in [0, 0.1) is 0 Å². The molecule has 1 unspecified atom stereocenters. The van der Waals surface area contributed by atoms with Gasteiger partial charge in [0.1, 0.15) is 0 Å². The van der Waals surface area contributed by atoms with E-state index in [0.29, 0.717) is 12.0 Å². The van der Waals surface area contributed by atoms with Gasteiger partial charge in [0.2, 0.25) is 5.95 Å². The van der Waals surface area contributed by atoms with Crippen molar-refractivity contribution in [2.45, 2.75) is 25.3 Å². The standard InChI is InChI=1S/C25H22BrN4/c26-19-12-13-23-21(16-19)24(17-7-2-1-3-8-17)30-25(29-23)28-20-10-6-9-18(15-20)22-11-4-5-14-27-22/h1-3,6-10,12-13,15-16,22H,4-5,11,14H2,(H,28,29,30). The highest BCUT2D eigenvalue weighted by Crippen LogP contribution is 2.31. The lowest BCUT2D eigenvalue weighted by Crippen LogP contribution is -2.20. The largest absolute Gasteiger partial charge is 0.324 e. The number of anilines is 2. The molecule has 5 heteroatoms. The molecule has 0 saturated carbocycles. The lowest BCUT2D eigenvalue weighted by Gasteiger charge is -2.22. The molecule has 4 aromatic rings. The van der Waals surface area contributed by atoms with Crippen molar-refractivity contribution in [1.29, 1.82) is 0 Å². The van der Waals surface area contributed by atoms with Crippen molar-refractivity contribution in [1.82, 2.24) is 15.3 Å². The maximum absolute atomic E-state index is 4.88. The summed E-state index contributed by atoms with van der Waals surface area (Å²) in [6.07, 6.45) is 3.58. The van der Waals surface area contributed by atoms with Crippen LogP contribution in [0.1, 0.15) is 30.9 Å². The van der Waals surface area contributed by atoms with Gasteiger partial charge in [0.15, 0.2) is 0 Å². The van der Waals surface area contributed by atoms with E-state index in [1.165, 1.54) is 18.4 Å². The number of benzene rings is 3. The fourth-order valence-corrected chi connectivity index (χ4v) is 4.35. The van der Waals surface area contributed by atoms with Crippen LogP contribution in [0.25, 0.3) is 22.2 Å². The third-order valence-corrected chi connectivity index (χ3v) is 5.96. The molecule has 0 amide bonds. The van der Waals surface area contributed by atoms with Gasteiger partial charge in [-0.2, -0.15) is 0 Å². The van der Waals surface area contributed by atoms with Crippen molar-refractivity contribution in [3.63, 3.8) is 0 Å². The Kier molecular flexibility index (Phi) is 5.47. The second kappa shape index (κ2) is 8.54. The van der Waals surface area contributed by atoms with E-state index in [0.717, 1.165) is 45.3 Å². The summed E-state index contributed by atoms with van der Waals surface area (Å²) < 4.78 is 1.01. The minimum atomic E-state index is 0.301. The normalized spacial score (nSPS) is 16.5. The number of aromatic nitrogens is 2. The molecular formula is C25H22BrN4. The third kappa shape index (κ3) is 4.09. The maximum atomic E-state index is 4.88.